The van der Waals surface area contributed by atoms with Gasteiger partial charge in [0.1, 0.15) is 0 Å². The van der Waals surface area contributed by atoms with Crippen LogP contribution in [0.4, 0.5) is 4.79 Å². The molecule has 1 aliphatic rings. The van der Waals surface area contributed by atoms with Crippen LogP contribution in [0, 0.1) is 5.92 Å². The highest BCUT2D eigenvalue weighted by Gasteiger charge is 2.28. The first-order valence-corrected chi connectivity index (χ1v) is 6.35. The van der Waals surface area contributed by atoms with E-state index in [9.17, 15) is 9.59 Å². The first kappa shape index (κ1) is 14.8. The van der Waals surface area contributed by atoms with Crippen molar-refractivity contribution >= 4 is 12.0 Å². The highest BCUT2D eigenvalue weighted by molar-refractivity contribution is 5.76. The Labute approximate surface area is 107 Å². The SMILES string of the molecule is CC1CCCCC1N(C)C(=O)NCC(O)C(=O)O. The average molecular weight is 258 g/mol. The number of hydrogen-bond donors (Lipinski definition) is 3. The molecular weight excluding hydrogens is 236 g/mol. The summed E-state index contributed by atoms with van der Waals surface area (Å²) in [5.74, 6) is -0.872. The van der Waals surface area contributed by atoms with E-state index in [4.69, 9.17) is 10.2 Å². The van der Waals surface area contributed by atoms with Crippen LogP contribution in [-0.4, -0.2) is 52.9 Å². The Morgan fingerprint density at radius 2 is 2.00 bits per heavy atom. The third kappa shape index (κ3) is 3.87. The van der Waals surface area contributed by atoms with Crippen LogP contribution in [0.25, 0.3) is 0 Å². The zero-order valence-electron chi connectivity index (χ0n) is 10.9. The third-order valence-electron chi connectivity index (χ3n) is 3.62. The highest BCUT2D eigenvalue weighted by Crippen LogP contribution is 2.27. The number of hydrogen-bond acceptors (Lipinski definition) is 3. The second-order valence-electron chi connectivity index (χ2n) is 4.98. The number of amides is 2. The van der Waals surface area contributed by atoms with Crippen molar-refractivity contribution in [1.29, 1.82) is 0 Å². The molecule has 1 rings (SSSR count). The standard InChI is InChI=1S/C12H22N2O4/c1-8-5-3-4-6-9(8)14(2)12(18)13-7-10(15)11(16)17/h8-10,15H,3-7H2,1-2H3,(H,13,18)(H,16,17). The molecule has 3 unspecified atom stereocenters. The first-order valence-electron chi connectivity index (χ1n) is 6.35. The van der Waals surface area contributed by atoms with Gasteiger partial charge in [-0.3, -0.25) is 0 Å². The lowest BCUT2D eigenvalue weighted by Crippen LogP contribution is -2.49. The molecule has 3 atom stereocenters. The molecule has 0 saturated heterocycles. The molecule has 2 amide bonds. The van der Waals surface area contributed by atoms with E-state index in [2.05, 4.69) is 12.2 Å². The molecular formula is C12H22N2O4. The molecule has 0 aromatic heterocycles. The summed E-state index contributed by atoms with van der Waals surface area (Å²) in [7, 11) is 1.72. The van der Waals surface area contributed by atoms with E-state index in [1.807, 2.05) is 0 Å². The molecule has 1 aliphatic carbocycles. The van der Waals surface area contributed by atoms with E-state index in [0.717, 1.165) is 19.3 Å². The Morgan fingerprint density at radius 3 is 2.56 bits per heavy atom. The van der Waals surface area contributed by atoms with Gasteiger partial charge in [-0.2, -0.15) is 0 Å². The van der Waals surface area contributed by atoms with E-state index < -0.39 is 12.1 Å². The maximum Gasteiger partial charge on any atom is 0.334 e. The van der Waals surface area contributed by atoms with E-state index in [-0.39, 0.29) is 18.6 Å². The van der Waals surface area contributed by atoms with Crippen LogP contribution in [0.1, 0.15) is 32.6 Å². The number of urea groups is 1. The Balaban J connectivity index is 2.43. The van der Waals surface area contributed by atoms with Crippen LogP contribution in [0.5, 0.6) is 0 Å². The zero-order valence-corrected chi connectivity index (χ0v) is 10.9. The average Bonchev–Trinajstić information content (AvgIpc) is 2.35. The summed E-state index contributed by atoms with van der Waals surface area (Å²) in [4.78, 5) is 23.9. The number of nitrogens with one attached hydrogen (secondary N) is 1. The Bertz CT molecular complexity index is 308. The Morgan fingerprint density at radius 1 is 1.39 bits per heavy atom. The molecule has 0 aromatic rings. The van der Waals surface area contributed by atoms with Gasteiger partial charge < -0.3 is 20.4 Å². The Hall–Kier alpha value is -1.30. The van der Waals surface area contributed by atoms with Gasteiger partial charge in [-0.05, 0) is 18.8 Å². The van der Waals surface area contributed by atoms with E-state index in [0.29, 0.717) is 5.92 Å². The van der Waals surface area contributed by atoms with Crippen molar-refractivity contribution in [3.8, 4) is 0 Å². The minimum atomic E-state index is -1.55. The molecule has 0 heterocycles. The van der Waals surface area contributed by atoms with Gasteiger partial charge in [-0.1, -0.05) is 19.8 Å². The summed E-state index contributed by atoms with van der Waals surface area (Å²) in [5, 5.41) is 20.0. The van der Waals surface area contributed by atoms with Gasteiger partial charge >= 0.3 is 12.0 Å². The van der Waals surface area contributed by atoms with Gasteiger partial charge in [0, 0.05) is 13.1 Å². The molecule has 0 spiro atoms. The number of aliphatic carboxylic acids is 1. The Kier molecular flexibility index (Phi) is 5.40. The minimum absolute atomic E-state index is 0.195. The van der Waals surface area contributed by atoms with Gasteiger partial charge in [-0.15, -0.1) is 0 Å². The number of carbonyl (C=O) groups is 2. The van der Waals surface area contributed by atoms with Gasteiger partial charge in [-0.25, -0.2) is 9.59 Å². The number of aliphatic hydroxyl groups excluding tert-OH is 1. The largest absolute Gasteiger partial charge is 0.479 e. The second kappa shape index (κ2) is 6.58. The normalized spacial score (nSPS) is 25.3. The summed E-state index contributed by atoms with van der Waals surface area (Å²) in [5.41, 5.74) is 0. The molecule has 6 nitrogen and oxygen atoms in total. The predicted molar refractivity (Wildman–Crippen MR) is 66.2 cm³/mol. The van der Waals surface area contributed by atoms with Crippen LogP contribution in [0.3, 0.4) is 0 Å². The van der Waals surface area contributed by atoms with Crippen LogP contribution in [-0.2, 0) is 4.79 Å². The lowest BCUT2D eigenvalue weighted by atomic mass is 9.85. The maximum absolute atomic E-state index is 11.8. The highest BCUT2D eigenvalue weighted by atomic mass is 16.4. The summed E-state index contributed by atoms with van der Waals surface area (Å²) in [6.07, 6.45) is 2.85. The van der Waals surface area contributed by atoms with Crippen molar-refractivity contribution in [2.45, 2.75) is 44.8 Å². The molecule has 0 aromatic carbocycles. The van der Waals surface area contributed by atoms with E-state index in [1.54, 1.807) is 11.9 Å². The van der Waals surface area contributed by atoms with Gasteiger partial charge in [0.25, 0.3) is 0 Å². The van der Waals surface area contributed by atoms with Crippen molar-refractivity contribution in [2.75, 3.05) is 13.6 Å². The lowest BCUT2D eigenvalue weighted by molar-refractivity contribution is -0.146. The fraction of sp³-hybridized carbons (Fsp3) is 0.833. The number of carboxylic acid groups (broad SMARTS) is 1. The molecule has 0 radical (unpaired) electrons. The van der Waals surface area contributed by atoms with Gasteiger partial charge in [0.05, 0.1) is 6.54 Å². The van der Waals surface area contributed by atoms with Crippen LogP contribution < -0.4 is 5.32 Å². The smallest absolute Gasteiger partial charge is 0.334 e. The number of carbonyl (C=O) groups excluding carboxylic acids is 1. The number of aliphatic hydroxyl groups is 1. The quantitative estimate of drug-likeness (QED) is 0.690. The molecule has 6 heteroatoms. The van der Waals surface area contributed by atoms with Crippen molar-refractivity contribution in [2.24, 2.45) is 5.92 Å². The lowest BCUT2D eigenvalue weighted by Gasteiger charge is -2.36. The zero-order chi connectivity index (χ0) is 13.7. The topological polar surface area (TPSA) is 89.9 Å². The fourth-order valence-corrected chi connectivity index (χ4v) is 2.42. The van der Waals surface area contributed by atoms with Crippen molar-refractivity contribution in [3.05, 3.63) is 0 Å². The van der Waals surface area contributed by atoms with Gasteiger partial charge in [0.2, 0.25) is 0 Å². The van der Waals surface area contributed by atoms with E-state index >= 15 is 0 Å². The summed E-state index contributed by atoms with van der Waals surface area (Å²) in [6, 6.07) is -0.130. The fourth-order valence-electron chi connectivity index (χ4n) is 2.42. The minimum Gasteiger partial charge on any atom is -0.479 e. The summed E-state index contributed by atoms with van der Waals surface area (Å²) < 4.78 is 0. The monoisotopic (exact) mass is 258 g/mol. The van der Waals surface area contributed by atoms with Crippen molar-refractivity contribution < 1.29 is 19.8 Å². The van der Waals surface area contributed by atoms with Crippen LogP contribution >= 0.6 is 0 Å². The maximum atomic E-state index is 11.8. The molecule has 0 bridgehead atoms. The van der Waals surface area contributed by atoms with Crippen molar-refractivity contribution in [3.63, 3.8) is 0 Å². The number of rotatable bonds is 4. The third-order valence-corrected chi connectivity index (χ3v) is 3.62. The summed E-state index contributed by atoms with van der Waals surface area (Å²) in [6.45, 7) is 1.86. The molecule has 18 heavy (non-hydrogen) atoms. The molecule has 1 saturated carbocycles. The molecule has 104 valence electrons. The van der Waals surface area contributed by atoms with Gasteiger partial charge in [0.15, 0.2) is 6.10 Å². The van der Waals surface area contributed by atoms with E-state index in [1.165, 1.54) is 6.42 Å². The first-order chi connectivity index (χ1) is 8.43. The van der Waals surface area contributed by atoms with Crippen LogP contribution in [0.15, 0.2) is 0 Å². The number of carboxylic acids is 1. The molecule has 1 fully saturated rings. The van der Waals surface area contributed by atoms with Crippen LogP contribution in [0.2, 0.25) is 0 Å². The predicted octanol–water partition coefficient (Wildman–Crippen LogP) is 0.652. The second-order valence-corrected chi connectivity index (χ2v) is 4.98. The molecule has 0 aliphatic heterocycles. The van der Waals surface area contributed by atoms with Crippen molar-refractivity contribution in [1.82, 2.24) is 10.2 Å². The summed E-state index contributed by atoms with van der Waals surface area (Å²) >= 11 is 0. The number of nitrogens with zero attached hydrogens (tertiary/aromatic N) is 1. The molecule has 3 N–H and O–H groups in total.